The number of nitrogens with zero attached hydrogens (tertiary/aromatic N) is 1. The molecule has 0 aliphatic carbocycles. The van der Waals surface area contributed by atoms with Crippen LogP contribution < -0.4 is 0 Å². The van der Waals surface area contributed by atoms with Gasteiger partial charge in [-0.05, 0) is 12.0 Å². The van der Waals surface area contributed by atoms with E-state index in [0.29, 0.717) is 12.9 Å². The van der Waals surface area contributed by atoms with Crippen molar-refractivity contribution in [1.29, 1.82) is 0 Å². The van der Waals surface area contributed by atoms with Crippen LogP contribution in [0.3, 0.4) is 0 Å². The van der Waals surface area contributed by atoms with Crippen LogP contribution in [0, 0.1) is 0 Å². The zero-order valence-electron chi connectivity index (χ0n) is 9.20. The summed E-state index contributed by atoms with van der Waals surface area (Å²) in [7, 11) is 1.68. The summed E-state index contributed by atoms with van der Waals surface area (Å²) < 4.78 is 4.71. The van der Waals surface area contributed by atoms with Crippen molar-refractivity contribution in [2.75, 3.05) is 13.7 Å². The van der Waals surface area contributed by atoms with E-state index in [1.807, 2.05) is 30.3 Å². The molecule has 0 aliphatic rings. The lowest BCUT2D eigenvalue weighted by Crippen LogP contribution is -2.36. The molecule has 16 heavy (non-hydrogen) atoms. The van der Waals surface area contributed by atoms with Gasteiger partial charge in [0.25, 0.3) is 6.47 Å². The van der Waals surface area contributed by atoms with Gasteiger partial charge in [-0.25, -0.2) is 0 Å². The lowest BCUT2D eigenvalue weighted by molar-refractivity contribution is -0.132. The second-order valence-electron chi connectivity index (χ2n) is 3.54. The summed E-state index contributed by atoms with van der Waals surface area (Å²) in [6.07, 6.45) is 1.41. The SMILES string of the molecule is CN(C=O)C(COC=O)Cc1ccccc1. The first-order valence-corrected chi connectivity index (χ1v) is 5.04. The molecule has 0 bridgehead atoms. The van der Waals surface area contributed by atoms with Gasteiger partial charge in [0.2, 0.25) is 6.41 Å². The van der Waals surface area contributed by atoms with E-state index in [2.05, 4.69) is 0 Å². The molecule has 4 heteroatoms. The van der Waals surface area contributed by atoms with E-state index in [9.17, 15) is 9.59 Å². The predicted octanol–water partition coefficient (Wildman–Crippen LogP) is 0.859. The van der Waals surface area contributed by atoms with Crippen LogP contribution in [-0.4, -0.2) is 37.5 Å². The molecule has 0 radical (unpaired) electrons. The van der Waals surface area contributed by atoms with Gasteiger partial charge in [-0.2, -0.15) is 0 Å². The summed E-state index contributed by atoms with van der Waals surface area (Å²) in [5, 5.41) is 0. The molecule has 1 aromatic rings. The molecule has 0 N–H and O–H groups in total. The Morgan fingerprint density at radius 2 is 2.00 bits per heavy atom. The van der Waals surface area contributed by atoms with Crippen molar-refractivity contribution in [3.8, 4) is 0 Å². The van der Waals surface area contributed by atoms with E-state index in [1.165, 1.54) is 4.90 Å². The minimum Gasteiger partial charge on any atom is -0.466 e. The van der Waals surface area contributed by atoms with Gasteiger partial charge < -0.3 is 9.64 Å². The van der Waals surface area contributed by atoms with Gasteiger partial charge >= 0.3 is 0 Å². The summed E-state index contributed by atoms with van der Waals surface area (Å²) >= 11 is 0. The molecule has 0 spiro atoms. The van der Waals surface area contributed by atoms with Gasteiger partial charge in [0.1, 0.15) is 6.61 Å². The van der Waals surface area contributed by atoms with Gasteiger partial charge in [-0.1, -0.05) is 30.3 Å². The normalized spacial score (nSPS) is 11.6. The highest BCUT2D eigenvalue weighted by Crippen LogP contribution is 2.07. The molecule has 0 heterocycles. The van der Waals surface area contributed by atoms with Crippen LogP contribution >= 0.6 is 0 Å². The second kappa shape index (κ2) is 6.61. The zero-order valence-corrected chi connectivity index (χ0v) is 9.20. The molecular formula is C12H15NO3. The van der Waals surface area contributed by atoms with Gasteiger partial charge in [0.15, 0.2) is 0 Å². The van der Waals surface area contributed by atoms with Crippen LogP contribution in [0.25, 0.3) is 0 Å². The summed E-state index contributed by atoms with van der Waals surface area (Å²) in [6, 6.07) is 9.65. The Bertz CT molecular complexity index is 326. The number of hydrogen-bond donors (Lipinski definition) is 0. The lowest BCUT2D eigenvalue weighted by Gasteiger charge is -2.23. The number of hydrogen-bond acceptors (Lipinski definition) is 3. The van der Waals surface area contributed by atoms with E-state index in [0.717, 1.165) is 12.0 Å². The largest absolute Gasteiger partial charge is 0.466 e. The van der Waals surface area contributed by atoms with Crippen LogP contribution in [0.2, 0.25) is 0 Å². The van der Waals surface area contributed by atoms with Crippen molar-refractivity contribution in [2.24, 2.45) is 0 Å². The number of carbonyl (C=O) groups is 2. The topological polar surface area (TPSA) is 46.6 Å². The molecule has 1 rings (SSSR count). The van der Waals surface area contributed by atoms with Crippen molar-refractivity contribution in [2.45, 2.75) is 12.5 Å². The minimum absolute atomic E-state index is 0.120. The van der Waals surface area contributed by atoms with Crippen molar-refractivity contribution >= 4 is 12.9 Å². The third-order valence-electron chi connectivity index (χ3n) is 2.41. The first-order valence-electron chi connectivity index (χ1n) is 5.04. The Labute approximate surface area is 94.8 Å². The first kappa shape index (κ1) is 12.2. The Morgan fingerprint density at radius 3 is 2.56 bits per heavy atom. The molecule has 0 aromatic heterocycles. The van der Waals surface area contributed by atoms with Gasteiger partial charge in [0.05, 0.1) is 6.04 Å². The Hall–Kier alpha value is -1.84. The molecule has 1 unspecified atom stereocenters. The van der Waals surface area contributed by atoms with Crippen LogP contribution in [-0.2, 0) is 20.7 Å². The molecule has 1 amide bonds. The maximum Gasteiger partial charge on any atom is 0.293 e. The molecule has 1 aromatic carbocycles. The van der Waals surface area contributed by atoms with Crippen LogP contribution in [0.15, 0.2) is 30.3 Å². The third-order valence-corrected chi connectivity index (χ3v) is 2.41. The van der Waals surface area contributed by atoms with Crippen molar-refractivity contribution in [3.05, 3.63) is 35.9 Å². The maximum absolute atomic E-state index is 10.7. The van der Waals surface area contributed by atoms with E-state index in [4.69, 9.17) is 4.74 Å². The number of benzene rings is 1. The van der Waals surface area contributed by atoms with Crippen LogP contribution in [0.4, 0.5) is 0 Å². The number of rotatable bonds is 7. The molecular weight excluding hydrogens is 206 g/mol. The highest BCUT2D eigenvalue weighted by atomic mass is 16.5. The minimum atomic E-state index is -0.120. The molecule has 1 atom stereocenters. The first-order chi connectivity index (χ1) is 7.77. The average molecular weight is 221 g/mol. The second-order valence-corrected chi connectivity index (χ2v) is 3.54. The van der Waals surface area contributed by atoms with Crippen LogP contribution in [0.1, 0.15) is 5.56 Å². The molecule has 0 fully saturated rings. The van der Waals surface area contributed by atoms with Crippen molar-refractivity contribution in [3.63, 3.8) is 0 Å². The Balaban J connectivity index is 2.62. The number of ether oxygens (including phenoxy) is 1. The predicted molar refractivity (Wildman–Crippen MR) is 59.8 cm³/mol. The van der Waals surface area contributed by atoms with E-state index in [1.54, 1.807) is 7.05 Å². The van der Waals surface area contributed by atoms with E-state index >= 15 is 0 Å². The Morgan fingerprint density at radius 1 is 1.31 bits per heavy atom. The van der Waals surface area contributed by atoms with Crippen molar-refractivity contribution < 1.29 is 14.3 Å². The number of amides is 1. The van der Waals surface area contributed by atoms with Gasteiger partial charge in [-0.3, -0.25) is 9.59 Å². The molecule has 0 aliphatic heterocycles. The summed E-state index contributed by atoms with van der Waals surface area (Å²) in [5.41, 5.74) is 1.11. The highest BCUT2D eigenvalue weighted by Gasteiger charge is 2.14. The van der Waals surface area contributed by atoms with Crippen molar-refractivity contribution in [1.82, 2.24) is 4.90 Å². The fraction of sp³-hybridized carbons (Fsp3) is 0.333. The van der Waals surface area contributed by atoms with Crippen LogP contribution in [0.5, 0.6) is 0 Å². The molecule has 4 nitrogen and oxygen atoms in total. The number of likely N-dealkylation sites (N-methyl/N-ethyl adjacent to an activating group) is 1. The zero-order chi connectivity index (χ0) is 11.8. The summed E-state index contributed by atoms with van der Waals surface area (Å²) in [4.78, 5) is 22.3. The fourth-order valence-electron chi connectivity index (χ4n) is 1.44. The average Bonchev–Trinajstić information content (AvgIpc) is 2.34. The standard InChI is InChI=1S/C12H15NO3/c1-13(9-14)12(8-16-10-15)7-11-5-3-2-4-6-11/h2-6,9-10,12H,7-8H2,1H3. The highest BCUT2D eigenvalue weighted by molar-refractivity contribution is 5.47. The lowest BCUT2D eigenvalue weighted by atomic mass is 10.1. The molecule has 0 saturated heterocycles. The smallest absolute Gasteiger partial charge is 0.293 e. The quantitative estimate of drug-likeness (QED) is 0.641. The van der Waals surface area contributed by atoms with E-state index < -0.39 is 0 Å². The fourth-order valence-corrected chi connectivity index (χ4v) is 1.44. The van der Waals surface area contributed by atoms with Gasteiger partial charge in [-0.15, -0.1) is 0 Å². The summed E-state index contributed by atoms with van der Waals surface area (Å²) in [6.45, 7) is 0.615. The van der Waals surface area contributed by atoms with E-state index in [-0.39, 0.29) is 12.6 Å². The Kier molecular flexibility index (Phi) is 5.05. The molecule has 86 valence electrons. The summed E-state index contributed by atoms with van der Waals surface area (Å²) in [5.74, 6) is 0. The monoisotopic (exact) mass is 221 g/mol. The molecule has 0 saturated carbocycles. The number of carbonyl (C=O) groups excluding carboxylic acids is 2. The third kappa shape index (κ3) is 3.73. The maximum atomic E-state index is 10.7. The van der Waals surface area contributed by atoms with Gasteiger partial charge in [0, 0.05) is 7.05 Å².